The Labute approximate surface area is 114 Å². The van der Waals surface area contributed by atoms with Crippen molar-refractivity contribution < 1.29 is 9.47 Å². The molecule has 0 radical (unpaired) electrons. The van der Waals surface area contributed by atoms with Crippen molar-refractivity contribution in [3.63, 3.8) is 0 Å². The normalized spacial score (nSPS) is 33.2. The first-order chi connectivity index (χ1) is 9.36. The van der Waals surface area contributed by atoms with E-state index < -0.39 is 0 Å². The molecule has 2 bridgehead atoms. The van der Waals surface area contributed by atoms with E-state index in [1.807, 2.05) is 0 Å². The molecule has 102 valence electrons. The molecule has 1 N–H and O–H groups in total. The first-order valence-electron chi connectivity index (χ1n) is 7.44. The first kappa shape index (κ1) is 11.7. The Hall–Kier alpha value is -1.06. The molecule has 1 aromatic rings. The number of benzene rings is 1. The third-order valence-electron chi connectivity index (χ3n) is 4.97. The van der Waals surface area contributed by atoms with Crippen LogP contribution in [0.3, 0.4) is 0 Å². The van der Waals surface area contributed by atoms with Gasteiger partial charge in [0, 0.05) is 23.9 Å². The zero-order valence-corrected chi connectivity index (χ0v) is 11.4. The molecule has 1 aromatic carbocycles. The number of hydrogen-bond acceptors (Lipinski definition) is 3. The van der Waals surface area contributed by atoms with Crippen molar-refractivity contribution in [2.75, 3.05) is 13.7 Å². The van der Waals surface area contributed by atoms with E-state index >= 15 is 0 Å². The summed E-state index contributed by atoms with van der Waals surface area (Å²) in [7, 11) is 2.06. The molecule has 0 aliphatic carbocycles. The third kappa shape index (κ3) is 1.79. The van der Waals surface area contributed by atoms with Crippen molar-refractivity contribution in [3.8, 4) is 5.75 Å². The molecule has 3 heterocycles. The summed E-state index contributed by atoms with van der Waals surface area (Å²) < 4.78 is 11.9. The maximum absolute atomic E-state index is 6.03. The van der Waals surface area contributed by atoms with Gasteiger partial charge in [0.2, 0.25) is 0 Å². The summed E-state index contributed by atoms with van der Waals surface area (Å²) in [5.41, 5.74) is 2.69. The molecule has 3 aliphatic rings. The quantitative estimate of drug-likeness (QED) is 0.904. The number of fused-ring (bicyclic) bond motifs is 3. The van der Waals surface area contributed by atoms with Crippen LogP contribution in [0.1, 0.15) is 36.4 Å². The molecule has 0 amide bonds. The smallest absolute Gasteiger partial charge is 0.127 e. The molecule has 4 atom stereocenters. The molecule has 0 aromatic heterocycles. The Balaban J connectivity index is 1.68. The van der Waals surface area contributed by atoms with E-state index in [1.165, 1.54) is 30.4 Å². The largest absolute Gasteiger partial charge is 0.493 e. The molecule has 4 rings (SSSR count). The van der Waals surface area contributed by atoms with Gasteiger partial charge in [-0.1, -0.05) is 18.2 Å². The average Bonchev–Trinajstić information content (AvgIpc) is 3.15. The Bertz CT molecular complexity index is 488. The average molecular weight is 259 g/mol. The lowest BCUT2D eigenvalue weighted by Crippen LogP contribution is -2.32. The summed E-state index contributed by atoms with van der Waals surface area (Å²) >= 11 is 0. The summed E-state index contributed by atoms with van der Waals surface area (Å²) in [6.07, 6.45) is 5.67. The lowest BCUT2D eigenvalue weighted by atomic mass is 9.80. The summed E-state index contributed by atoms with van der Waals surface area (Å²) in [4.78, 5) is 0. The van der Waals surface area contributed by atoms with Gasteiger partial charge in [-0.05, 0) is 31.9 Å². The van der Waals surface area contributed by atoms with Crippen molar-refractivity contribution in [2.45, 2.75) is 43.9 Å². The summed E-state index contributed by atoms with van der Waals surface area (Å²) in [5, 5.41) is 3.51. The molecule has 2 saturated heterocycles. The fourth-order valence-electron chi connectivity index (χ4n) is 4.11. The van der Waals surface area contributed by atoms with E-state index in [0.29, 0.717) is 24.2 Å². The highest BCUT2D eigenvalue weighted by Gasteiger charge is 2.45. The molecule has 4 unspecified atom stereocenters. The number of nitrogens with one attached hydrogen (secondary N) is 1. The summed E-state index contributed by atoms with van der Waals surface area (Å²) in [6.45, 7) is 0.829. The minimum Gasteiger partial charge on any atom is -0.493 e. The zero-order chi connectivity index (χ0) is 12.8. The van der Waals surface area contributed by atoms with Crippen LogP contribution in [0.2, 0.25) is 0 Å². The van der Waals surface area contributed by atoms with Gasteiger partial charge in [0.25, 0.3) is 0 Å². The van der Waals surface area contributed by atoms with Gasteiger partial charge >= 0.3 is 0 Å². The van der Waals surface area contributed by atoms with Gasteiger partial charge in [-0.3, -0.25) is 0 Å². The Kier molecular flexibility index (Phi) is 2.78. The number of ether oxygens (including phenoxy) is 2. The first-order valence-corrected chi connectivity index (χ1v) is 7.44. The minimum atomic E-state index is 0.364. The van der Waals surface area contributed by atoms with Crippen molar-refractivity contribution in [1.29, 1.82) is 0 Å². The Morgan fingerprint density at radius 1 is 1.32 bits per heavy atom. The molecule has 19 heavy (non-hydrogen) atoms. The van der Waals surface area contributed by atoms with Gasteiger partial charge in [0.15, 0.2) is 0 Å². The highest BCUT2D eigenvalue weighted by Crippen LogP contribution is 2.47. The lowest BCUT2D eigenvalue weighted by Gasteiger charge is -2.29. The van der Waals surface area contributed by atoms with E-state index in [4.69, 9.17) is 9.47 Å². The van der Waals surface area contributed by atoms with Crippen molar-refractivity contribution in [2.24, 2.45) is 5.92 Å². The highest BCUT2D eigenvalue weighted by atomic mass is 16.5. The minimum absolute atomic E-state index is 0.364. The van der Waals surface area contributed by atoms with Crippen LogP contribution in [0.4, 0.5) is 0 Å². The highest BCUT2D eigenvalue weighted by molar-refractivity contribution is 5.46. The van der Waals surface area contributed by atoms with Crippen LogP contribution < -0.4 is 10.1 Å². The van der Waals surface area contributed by atoms with Crippen LogP contribution in [-0.4, -0.2) is 25.9 Å². The molecule has 3 nitrogen and oxygen atoms in total. The molecule has 3 aliphatic heterocycles. The zero-order valence-electron chi connectivity index (χ0n) is 11.4. The Morgan fingerprint density at radius 3 is 3.00 bits per heavy atom. The predicted molar refractivity (Wildman–Crippen MR) is 73.4 cm³/mol. The molecule has 3 heteroatoms. The second-order valence-electron chi connectivity index (χ2n) is 5.97. The van der Waals surface area contributed by atoms with E-state index in [2.05, 4.69) is 30.6 Å². The van der Waals surface area contributed by atoms with Gasteiger partial charge in [0.1, 0.15) is 5.75 Å². The number of hydrogen-bond donors (Lipinski definition) is 1. The van der Waals surface area contributed by atoms with Crippen molar-refractivity contribution in [3.05, 3.63) is 29.3 Å². The van der Waals surface area contributed by atoms with E-state index in [9.17, 15) is 0 Å². The van der Waals surface area contributed by atoms with Crippen LogP contribution in [0.15, 0.2) is 18.2 Å². The van der Waals surface area contributed by atoms with E-state index in [1.54, 1.807) is 0 Å². The van der Waals surface area contributed by atoms with Gasteiger partial charge < -0.3 is 14.8 Å². The van der Waals surface area contributed by atoms with Crippen LogP contribution >= 0.6 is 0 Å². The van der Waals surface area contributed by atoms with Crippen LogP contribution in [0.25, 0.3) is 0 Å². The monoisotopic (exact) mass is 259 g/mol. The summed E-state index contributed by atoms with van der Waals surface area (Å²) in [6, 6.07) is 6.94. The van der Waals surface area contributed by atoms with Crippen molar-refractivity contribution in [1.82, 2.24) is 5.32 Å². The molecular formula is C16H21NO2. The van der Waals surface area contributed by atoms with Crippen LogP contribution in [0, 0.1) is 5.92 Å². The van der Waals surface area contributed by atoms with E-state index in [-0.39, 0.29) is 0 Å². The number of para-hydroxylation sites is 1. The van der Waals surface area contributed by atoms with Gasteiger partial charge in [-0.25, -0.2) is 0 Å². The molecular weight excluding hydrogens is 238 g/mol. The van der Waals surface area contributed by atoms with Gasteiger partial charge in [-0.2, -0.15) is 0 Å². The van der Waals surface area contributed by atoms with Gasteiger partial charge in [0.05, 0.1) is 18.8 Å². The number of rotatable bonds is 3. The van der Waals surface area contributed by atoms with E-state index in [0.717, 1.165) is 18.8 Å². The van der Waals surface area contributed by atoms with Crippen LogP contribution in [0.5, 0.6) is 5.75 Å². The lowest BCUT2D eigenvalue weighted by molar-refractivity contribution is 0.0861. The fraction of sp³-hybridized carbons (Fsp3) is 0.625. The Morgan fingerprint density at radius 2 is 2.26 bits per heavy atom. The van der Waals surface area contributed by atoms with Gasteiger partial charge in [-0.15, -0.1) is 0 Å². The predicted octanol–water partition coefficient (Wildman–Crippen LogP) is 2.45. The topological polar surface area (TPSA) is 30.5 Å². The second-order valence-corrected chi connectivity index (χ2v) is 5.97. The summed E-state index contributed by atoms with van der Waals surface area (Å²) in [5.74, 6) is 1.73. The fourth-order valence-corrected chi connectivity index (χ4v) is 4.11. The maximum Gasteiger partial charge on any atom is 0.127 e. The molecule has 0 saturated carbocycles. The third-order valence-corrected chi connectivity index (χ3v) is 4.97. The maximum atomic E-state index is 6.03. The van der Waals surface area contributed by atoms with Crippen LogP contribution in [-0.2, 0) is 11.2 Å². The molecule has 0 spiro atoms. The second kappa shape index (κ2) is 4.50. The SMILES string of the molecule is CNC(c1cccc2c1OCC2)C1CC2CCC1O2. The standard InChI is InChI=1S/C16H21NO2/c1-17-15(13-9-11-5-6-14(13)19-11)12-4-2-3-10-7-8-18-16(10)12/h2-4,11,13-15,17H,5-9H2,1H3. The molecule has 2 fully saturated rings. The van der Waals surface area contributed by atoms with Crippen molar-refractivity contribution >= 4 is 0 Å².